The summed E-state index contributed by atoms with van der Waals surface area (Å²) in [5, 5.41) is 7.41. The van der Waals surface area contributed by atoms with Crippen LogP contribution in [0.4, 0.5) is 5.82 Å². The van der Waals surface area contributed by atoms with Gasteiger partial charge in [-0.15, -0.1) is 0 Å². The molecule has 1 N–H and O–H groups in total. The molecule has 0 saturated carbocycles. The number of ether oxygens (including phenoxy) is 1. The SMILES string of the molecule is c1ccc(OCCNc2nccn3nccc23)cc1. The van der Waals surface area contributed by atoms with E-state index in [1.165, 1.54) is 0 Å². The van der Waals surface area contributed by atoms with Crippen molar-refractivity contribution < 1.29 is 4.74 Å². The van der Waals surface area contributed by atoms with Gasteiger partial charge in [0.25, 0.3) is 0 Å². The van der Waals surface area contributed by atoms with Gasteiger partial charge in [0.2, 0.25) is 0 Å². The van der Waals surface area contributed by atoms with E-state index in [-0.39, 0.29) is 0 Å². The van der Waals surface area contributed by atoms with E-state index < -0.39 is 0 Å². The molecule has 0 radical (unpaired) electrons. The van der Waals surface area contributed by atoms with Crippen LogP contribution in [0.25, 0.3) is 5.52 Å². The number of anilines is 1. The molecular weight excluding hydrogens is 240 g/mol. The van der Waals surface area contributed by atoms with E-state index in [4.69, 9.17) is 4.74 Å². The van der Waals surface area contributed by atoms with Crippen LogP contribution in [0.2, 0.25) is 0 Å². The van der Waals surface area contributed by atoms with Crippen molar-refractivity contribution in [1.29, 1.82) is 0 Å². The van der Waals surface area contributed by atoms with E-state index in [9.17, 15) is 0 Å². The average molecular weight is 254 g/mol. The van der Waals surface area contributed by atoms with E-state index >= 15 is 0 Å². The van der Waals surface area contributed by atoms with Crippen molar-refractivity contribution in [1.82, 2.24) is 14.6 Å². The van der Waals surface area contributed by atoms with E-state index in [0.29, 0.717) is 13.2 Å². The fourth-order valence-corrected chi connectivity index (χ4v) is 1.85. The van der Waals surface area contributed by atoms with Crippen molar-refractivity contribution in [3.05, 3.63) is 55.0 Å². The molecule has 0 aliphatic heterocycles. The summed E-state index contributed by atoms with van der Waals surface area (Å²) in [5.74, 6) is 1.69. The van der Waals surface area contributed by atoms with Gasteiger partial charge in [-0.1, -0.05) is 18.2 Å². The Morgan fingerprint density at radius 1 is 1.11 bits per heavy atom. The highest BCUT2D eigenvalue weighted by Crippen LogP contribution is 2.12. The minimum atomic E-state index is 0.584. The first-order chi connectivity index (χ1) is 9.43. The normalized spacial score (nSPS) is 10.5. The summed E-state index contributed by atoms with van der Waals surface area (Å²) in [6, 6.07) is 11.7. The van der Waals surface area contributed by atoms with Crippen molar-refractivity contribution in [2.75, 3.05) is 18.5 Å². The Morgan fingerprint density at radius 2 is 2.00 bits per heavy atom. The molecule has 2 heterocycles. The summed E-state index contributed by atoms with van der Waals surface area (Å²) in [5.41, 5.74) is 0.960. The van der Waals surface area contributed by atoms with Crippen LogP contribution in [0.5, 0.6) is 5.75 Å². The molecule has 3 rings (SSSR count). The van der Waals surface area contributed by atoms with Crippen LogP contribution >= 0.6 is 0 Å². The van der Waals surface area contributed by atoms with Crippen LogP contribution in [0.3, 0.4) is 0 Å². The molecule has 3 aromatic rings. The second kappa shape index (κ2) is 5.39. The zero-order valence-corrected chi connectivity index (χ0v) is 10.4. The number of aromatic nitrogens is 3. The first kappa shape index (κ1) is 11.5. The van der Waals surface area contributed by atoms with E-state index in [2.05, 4.69) is 15.4 Å². The van der Waals surface area contributed by atoms with Crippen LogP contribution < -0.4 is 10.1 Å². The number of fused-ring (bicyclic) bond motifs is 1. The molecule has 0 unspecified atom stereocenters. The van der Waals surface area contributed by atoms with Crippen LogP contribution in [-0.4, -0.2) is 27.7 Å². The summed E-state index contributed by atoms with van der Waals surface area (Å²) in [7, 11) is 0. The summed E-state index contributed by atoms with van der Waals surface area (Å²) in [6.07, 6.45) is 5.30. The Bertz CT molecular complexity index is 651. The molecule has 0 spiro atoms. The lowest BCUT2D eigenvalue weighted by Gasteiger charge is -2.08. The van der Waals surface area contributed by atoms with Crippen LogP contribution in [-0.2, 0) is 0 Å². The Morgan fingerprint density at radius 3 is 2.89 bits per heavy atom. The molecule has 0 aliphatic carbocycles. The van der Waals surface area contributed by atoms with Gasteiger partial charge in [0.15, 0.2) is 5.82 Å². The minimum Gasteiger partial charge on any atom is -0.492 e. The third-order valence-electron chi connectivity index (χ3n) is 2.73. The van der Waals surface area contributed by atoms with Crippen LogP contribution in [0, 0.1) is 0 Å². The fourth-order valence-electron chi connectivity index (χ4n) is 1.85. The maximum Gasteiger partial charge on any atom is 0.152 e. The molecule has 5 nitrogen and oxygen atoms in total. The van der Waals surface area contributed by atoms with Gasteiger partial charge >= 0.3 is 0 Å². The van der Waals surface area contributed by atoms with Crippen molar-refractivity contribution >= 4 is 11.3 Å². The quantitative estimate of drug-likeness (QED) is 0.709. The number of hydrogen-bond donors (Lipinski definition) is 1. The van der Waals surface area contributed by atoms with Gasteiger partial charge in [0.05, 0.1) is 12.7 Å². The molecule has 96 valence electrons. The molecule has 0 aliphatic rings. The lowest BCUT2D eigenvalue weighted by atomic mass is 10.3. The molecule has 19 heavy (non-hydrogen) atoms. The van der Waals surface area contributed by atoms with Crippen molar-refractivity contribution in [2.45, 2.75) is 0 Å². The first-order valence-electron chi connectivity index (χ1n) is 6.13. The number of para-hydroxylation sites is 1. The fraction of sp³-hybridized carbons (Fsp3) is 0.143. The maximum atomic E-state index is 5.61. The molecule has 0 atom stereocenters. The standard InChI is InChI=1S/C14H14N4O/c1-2-4-12(5-3-1)19-11-9-16-14-13-6-7-17-18(13)10-8-15-14/h1-8,10H,9,11H2,(H,15,16). The number of rotatable bonds is 5. The largest absolute Gasteiger partial charge is 0.492 e. The monoisotopic (exact) mass is 254 g/mol. The van der Waals surface area contributed by atoms with Gasteiger partial charge < -0.3 is 10.1 Å². The van der Waals surface area contributed by atoms with E-state index in [1.807, 2.05) is 42.6 Å². The zero-order valence-electron chi connectivity index (χ0n) is 10.4. The highest BCUT2D eigenvalue weighted by molar-refractivity contribution is 5.66. The Balaban J connectivity index is 1.57. The van der Waals surface area contributed by atoms with Gasteiger partial charge in [-0.05, 0) is 18.2 Å². The predicted molar refractivity (Wildman–Crippen MR) is 73.4 cm³/mol. The van der Waals surface area contributed by atoms with E-state index in [1.54, 1.807) is 16.9 Å². The lowest BCUT2D eigenvalue weighted by Crippen LogP contribution is -2.13. The lowest BCUT2D eigenvalue weighted by molar-refractivity contribution is 0.333. The van der Waals surface area contributed by atoms with Gasteiger partial charge in [-0.3, -0.25) is 0 Å². The van der Waals surface area contributed by atoms with E-state index in [0.717, 1.165) is 17.1 Å². The molecule has 1 aromatic carbocycles. The average Bonchev–Trinajstić information content (AvgIpc) is 2.94. The molecule has 0 amide bonds. The molecule has 0 fully saturated rings. The molecule has 0 bridgehead atoms. The minimum absolute atomic E-state index is 0.584. The zero-order chi connectivity index (χ0) is 12.9. The van der Waals surface area contributed by atoms with Crippen molar-refractivity contribution in [3.8, 4) is 5.75 Å². The predicted octanol–water partition coefficient (Wildman–Crippen LogP) is 2.22. The van der Waals surface area contributed by atoms with Crippen LogP contribution in [0.1, 0.15) is 0 Å². The summed E-state index contributed by atoms with van der Waals surface area (Å²) < 4.78 is 7.39. The first-order valence-corrected chi connectivity index (χ1v) is 6.13. The third-order valence-corrected chi connectivity index (χ3v) is 2.73. The Kier molecular flexibility index (Phi) is 3.27. The number of benzene rings is 1. The second-order valence-corrected chi connectivity index (χ2v) is 4.03. The second-order valence-electron chi connectivity index (χ2n) is 4.03. The molecule has 0 saturated heterocycles. The Labute approximate surface area is 110 Å². The number of nitrogens with one attached hydrogen (secondary N) is 1. The van der Waals surface area contributed by atoms with Crippen LogP contribution in [0.15, 0.2) is 55.0 Å². The van der Waals surface area contributed by atoms with Gasteiger partial charge in [-0.25, -0.2) is 9.50 Å². The van der Waals surface area contributed by atoms with Gasteiger partial charge in [0.1, 0.15) is 17.9 Å². The summed E-state index contributed by atoms with van der Waals surface area (Å²) >= 11 is 0. The molecule has 5 heteroatoms. The van der Waals surface area contributed by atoms with Gasteiger partial charge in [0, 0.05) is 12.4 Å². The molecule has 2 aromatic heterocycles. The number of hydrogen-bond acceptors (Lipinski definition) is 4. The maximum absolute atomic E-state index is 5.61. The highest BCUT2D eigenvalue weighted by atomic mass is 16.5. The smallest absolute Gasteiger partial charge is 0.152 e. The highest BCUT2D eigenvalue weighted by Gasteiger charge is 2.01. The summed E-state index contributed by atoms with van der Waals surface area (Å²) in [4.78, 5) is 4.30. The van der Waals surface area contributed by atoms with Crippen molar-refractivity contribution in [3.63, 3.8) is 0 Å². The number of nitrogens with zero attached hydrogens (tertiary/aromatic N) is 3. The topological polar surface area (TPSA) is 51.5 Å². The summed E-state index contributed by atoms with van der Waals surface area (Å²) in [6.45, 7) is 1.27. The van der Waals surface area contributed by atoms with Crippen molar-refractivity contribution in [2.24, 2.45) is 0 Å². The van der Waals surface area contributed by atoms with Gasteiger partial charge in [-0.2, -0.15) is 5.10 Å². The molecular formula is C14H14N4O. The Hall–Kier alpha value is -2.56. The third kappa shape index (κ3) is 2.65.